The summed E-state index contributed by atoms with van der Waals surface area (Å²) in [6.07, 6.45) is 0.145. The molecule has 0 aliphatic rings. The Labute approximate surface area is 179 Å². The smallest absolute Gasteiger partial charge is 0.167 e. The van der Waals surface area contributed by atoms with Gasteiger partial charge in [0.05, 0.1) is 23.8 Å². The average Bonchev–Trinajstić information content (AvgIpc) is 3.05. The van der Waals surface area contributed by atoms with Crippen LogP contribution in [0, 0.1) is 5.82 Å². The molecule has 0 radical (unpaired) electrons. The van der Waals surface area contributed by atoms with E-state index in [2.05, 4.69) is 5.32 Å². The first kappa shape index (κ1) is 24.6. The van der Waals surface area contributed by atoms with E-state index in [0.29, 0.717) is 38.2 Å². The van der Waals surface area contributed by atoms with Crippen LogP contribution < -0.4 is 5.32 Å². The molecule has 0 bridgehead atoms. The Morgan fingerprint density at radius 2 is 1.87 bits per heavy atom. The lowest BCUT2D eigenvalue weighted by molar-refractivity contribution is 0.0711. The first-order valence-electron chi connectivity index (χ1n) is 10.2. The minimum Gasteiger partial charge on any atom is -0.393 e. The molecule has 0 saturated carbocycles. The Hall–Kier alpha value is -1.65. The van der Waals surface area contributed by atoms with Gasteiger partial charge in [-0.05, 0) is 49.4 Å². The van der Waals surface area contributed by atoms with Gasteiger partial charge in [-0.25, -0.2) is 13.6 Å². The SMILES string of the molecule is CCC(O)CC(O)CCn1c(-c2ccc(F)cc2)nc(CNCS(=O)O)c1C(C)C. The summed E-state index contributed by atoms with van der Waals surface area (Å²) in [4.78, 5) is 4.75. The summed E-state index contributed by atoms with van der Waals surface area (Å²) < 4.78 is 35.4. The van der Waals surface area contributed by atoms with E-state index in [9.17, 15) is 18.8 Å². The minimum absolute atomic E-state index is 0.0656. The van der Waals surface area contributed by atoms with E-state index < -0.39 is 23.3 Å². The molecule has 9 heteroatoms. The van der Waals surface area contributed by atoms with Crippen molar-refractivity contribution in [2.75, 3.05) is 5.88 Å². The molecule has 3 unspecified atom stereocenters. The van der Waals surface area contributed by atoms with Crippen LogP contribution in [0.25, 0.3) is 11.4 Å². The van der Waals surface area contributed by atoms with Crippen molar-refractivity contribution in [3.8, 4) is 11.4 Å². The lowest BCUT2D eigenvalue weighted by atomic mass is 10.1. The summed E-state index contributed by atoms with van der Waals surface area (Å²) in [6, 6.07) is 6.08. The highest BCUT2D eigenvalue weighted by atomic mass is 32.2. The average molecular weight is 442 g/mol. The van der Waals surface area contributed by atoms with Crippen molar-refractivity contribution in [2.45, 2.75) is 71.2 Å². The first-order valence-corrected chi connectivity index (χ1v) is 11.5. The number of aliphatic hydroxyl groups is 2. The maximum atomic E-state index is 13.4. The molecule has 168 valence electrons. The van der Waals surface area contributed by atoms with Crippen molar-refractivity contribution >= 4 is 11.1 Å². The van der Waals surface area contributed by atoms with Crippen molar-refractivity contribution in [3.63, 3.8) is 0 Å². The maximum Gasteiger partial charge on any atom is 0.167 e. The molecule has 30 heavy (non-hydrogen) atoms. The monoisotopic (exact) mass is 441 g/mol. The highest BCUT2D eigenvalue weighted by Gasteiger charge is 2.22. The van der Waals surface area contributed by atoms with Gasteiger partial charge >= 0.3 is 0 Å². The lowest BCUT2D eigenvalue weighted by Crippen LogP contribution is -2.21. The van der Waals surface area contributed by atoms with E-state index >= 15 is 0 Å². The summed E-state index contributed by atoms with van der Waals surface area (Å²) in [5.74, 6) is 0.367. The summed E-state index contributed by atoms with van der Waals surface area (Å²) in [6.45, 7) is 6.74. The highest BCUT2D eigenvalue weighted by molar-refractivity contribution is 7.79. The van der Waals surface area contributed by atoms with Crippen molar-refractivity contribution in [2.24, 2.45) is 0 Å². The molecule has 7 nitrogen and oxygen atoms in total. The molecule has 2 aromatic rings. The molecule has 0 aliphatic heterocycles. The maximum absolute atomic E-state index is 13.4. The van der Waals surface area contributed by atoms with Crippen molar-refractivity contribution < 1.29 is 23.4 Å². The van der Waals surface area contributed by atoms with Crippen molar-refractivity contribution in [1.82, 2.24) is 14.9 Å². The highest BCUT2D eigenvalue weighted by Crippen LogP contribution is 2.29. The minimum atomic E-state index is -1.95. The molecule has 0 amide bonds. The molecule has 1 aromatic heterocycles. The molecule has 0 spiro atoms. The topological polar surface area (TPSA) is 108 Å². The van der Waals surface area contributed by atoms with Crippen LogP contribution in [0.2, 0.25) is 0 Å². The quantitative estimate of drug-likeness (QED) is 0.377. The number of rotatable bonds is 12. The first-order chi connectivity index (χ1) is 14.2. The van der Waals surface area contributed by atoms with Crippen LogP contribution in [-0.2, 0) is 24.2 Å². The number of hydrogen-bond acceptors (Lipinski definition) is 5. The van der Waals surface area contributed by atoms with Crippen LogP contribution in [0.5, 0.6) is 0 Å². The van der Waals surface area contributed by atoms with E-state index in [1.165, 1.54) is 12.1 Å². The molecular weight excluding hydrogens is 409 g/mol. The zero-order valence-corrected chi connectivity index (χ0v) is 18.5. The fraction of sp³-hybridized carbons (Fsp3) is 0.571. The molecule has 0 fully saturated rings. The number of aromatic nitrogens is 2. The second-order valence-electron chi connectivity index (χ2n) is 7.71. The Morgan fingerprint density at radius 1 is 1.20 bits per heavy atom. The summed E-state index contributed by atoms with van der Waals surface area (Å²) in [7, 11) is 0. The molecule has 2 rings (SSSR count). The Bertz CT molecular complexity index is 826. The number of imidazole rings is 1. The largest absolute Gasteiger partial charge is 0.393 e. The van der Waals surface area contributed by atoms with E-state index in [-0.39, 0.29) is 17.6 Å². The lowest BCUT2D eigenvalue weighted by Gasteiger charge is -2.19. The fourth-order valence-corrected chi connectivity index (χ4v) is 3.75. The Kier molecular flexibility index (Phi) is 9.57. The molecule has 0 aliphatic carbocycles. The zero-order valence-electron chi connectivity index (χ0n) is 17.7. The number of nitrogens with zero attached hydrogens (tertiary/aromatic N) is 2. The normalized spacial score (nSPS) is 14.8. The molecule has 1 heterocycles. The number of benzene rings is 1. The molecule has 1 aromatic carbocycles. The standard InChI is InChI=1S/C21H32FN3O4S/c1-4-17(26)11-18(27)9-10-25-20(14(2)3)19(12-23-13-30(28)29)24-21(25)15-5-7-16(22)8-6-15/h5-8,14,17-18,23,26-27H,4,9-13H2,1-3H3,(H,28,29). The van der Waals surface area contributed by atoms with Crippen LogP contribution in [0.4, 0.5) is 4.39 Å². The van der Waals surface area contributed by atoms with E-state index in [0.717, 1.165) is 17.0 Å². The summed E-state index contributed by atoms with van der Waals surface area (Å²) in [5.41, 5.74) is 2.45. The van der Waals surface area contributed by atoms with Gasteiger partial charge in [0, 0.05) is 24.3 Å². The van der Waals surface area contributed by atoms with Crippen LogP contribution >= 0.6 is 0 Å². The van der Waals surface area contributed by atoms with Crippen LogP contribution in [0.1, 0.15) is 57.3 Å². The zero-order chi connectivity index (χ0) is 22.3. The van der Waals surface area contributed by atoms with Gasteiger partial charge < -0.3 is 19.3 Å². The van der Waals surface area contributed by atoms with Gasteiger partial charge in [0.15, 0.2) is 11.1 Å². The number of hydrogen-bond donors (Lipinski definition) is 4. The van der Waals surface area contributed by atoms with Gasteiger partial charge in [-0.15, -0.1) is 0 Å². The molecular formula is C21H32FN3O4S. The van der Waals surface area contributed by atoms with Crippen molar-refractivity contribution in [3.05, 3.63) is 41.5 Å². The van der Waals surface area contributed by atoms with Crippen molar-refractivity contribution in [1.29, 1.82) is 0 Å². The van der Waals surface area contributed by atoms with Gasteiger partial charge in [-0.2, -0.15) is 0 Å². The third kappa shape index (κ3) is 6.95. The fourth-order valence-electron chi connectivity index (χ4n) is 3.47. The van der Waals surface area contributed by atoms with E-state index in [1.54, 1.807) is 12.1 Å². The number of halogens is 1. The van der Waals surface area contributed by atoms with Gasteiger partial charge in [-0.3, -0.25) is 5.32 Å². The van der Waals surface area contributed by atoms with Gasteiger partial charge in [0.25, 0.3) is 0 Å². The third-order valence-corrected chi connectivity index (χ3v) is 5.40. The molecule has 3 atom stereocenters. The summed E-state index contributed by atoms with van der Waals surface area (Å²) >= 11 is -1.95. The second kappa shape index (κ2) is 11.7. The second-order valence-corrected chi connectivity index (χ2v) is 8.65. The Balaban J connectivity index is 2.37. The van der Waals surface area contributed by atoms with E-state index in [4.69, 9.17) is 9.54 Å². The molecule has 0 saturated heterocycles. The summed E-state index contributed by atoms with van der Waals surface area (Å²) in [5, 5.41) is 23.1. The van der Waals surface area contributed by atoms with Crippen LogP contribution in [-0.4, -0.2) is 46.6 Å². The van der Waals surface area contributed by atoms with E-state index in [1.807, 2.05) is 25.3 Å². The number of nitrogens with one attached hydrogen (secondary N) is 1. The third-order valence-electron chi connectivity index (χ3n) is 4.95. The predicted molar refractivity (Wildman–Crippen MR) is 116 cm³/mol. The van der Waals surface area contributed by atoms with Gasteiger partial charge in [0.1, 0.15) is 11.6 Å². The number of aliphatic hydroxyl groups excluding tert-OH is 2. The van der Waals surface area contributed by atoms with Gasteiger partial charge in [-0.1, -0.05) is 20.8 Å². The van der Waals surface area contributed by atoms with Crippen LogP contribution in [0.3, 0.4) is 0 Å². The Morgan fingerprint density at radius 3 is 2.43 bits per heavy atom. The van der Waals surface area contributed by atoms with Crippen LogP contribution in [0.15, 0.2) is 24.3 Å². The predicted octanol–water partition coefficient (Wildman–Crippen LogP) is 2.99. The molecule has 4 N–H and O–H groups in total. The van der Waals surface area contributed by atoms with Gasteiger partial charge in [0.2, 0.25) is 0 Å².